The summed E-state index contributed by atoms with van der Waals surface area (Å²) in [6.45, 7) is 5.47. The molecule has 1 unspecified atom stereocenters. The molecule has 8 nitrogen and oxygen atoms in total. The van der Waals surface area contributed by atoms with Crippen molar-refractivity contribution in [1.82, 2.24) is 10.2 Å². The molecule has 2 heterocycles. The van der Waals surface area contributed by atoms with Crippen LogP contribution in [0.3, 0.4) is 0 Å². The average molecular weight is 516 g/mol. The summed E-state index contributed by atoms with van der Waals surface area (Å²) in [5.41, 5.74) is 1.26. The van der Waals surface area contributed by atoms with Crippen LogP contribution < -0.4 is 15.6 Å². The number of nitrogens with zero attached hydrogens (tertiary/aromatic N) is 2. The molecule has 198 valence electrons. The maximum Gasteiger partial charge on any atom is 0.253 e. The number of benzene rings is 2. The van der Waals surface area contributed by atoms with E-state index in [1.807, 2.05) is 18.7 Å². The van der Waals surface area contributed by atoms with Gasteiger partial charge in [-0.2, -0.15) is 0 Å². The molecule has 1 aromatic heterocycles. The number of aliphatic hydroxyl groups is 1. The lowest BCUT2D eigenvalue weighted by atomic mass is 9.99. The van der Waals surface area contributed by atoms with Crippen LogP contribution in [0.4, 0.5) is 14.7 Å². The Hall–Kier alpha value is -3.34. The normalized spacial score (nSPS) is 16.7. The quantitative estimate of drug-likeness (QED) is 0.476. The number of rotatable bonds is 8. The van der Waals surface area contributed by atoms with Crippen LogP contribution in [0.25, 0.3) is 11.0 Å². The number of anilines is 1. The summed E-state index contributed by atoms with van der Waals surface area (Å²) in [6.07, 6.45) is -0.0245. The summed E-state index contributed by atoms with van der Waals surface area (Å²) in [6, 6.07) is 7.40. The maximum atomic E-state index is 13.7. The number of amides is 1. The highest BCUT2D eigenvalue weighted by atomic mass is 19.1. The van der Waals surface area contributed by atoms with Crippen molar-refractivity contribution in [2.45, 2.75) is 32.5 Å². The molecule has 0 spiro atoms. The average Bonchev–Trinajstić information content (AvgIpc) is 2.86. The van der Waals surface area contributed by atoms with Crippen LogP contribution in [0.1, 0.15) is 41.4 Å². The van der Waals surface area contributed by atoms with Gasteiger partial charge in [0.05, 0.1) is 24.7 Å². The van der Waals surface area contributed by atoms with Gasteiger partial charge < -0.3 is 29.4 Å². The number of hydrogen-bond donors (Lipinski definition) is 2. The van der Waals surface area contributed by atoms with Crippen molar-refractivity contribution in [3.05, 3.63) is 74.9 Å². The van der Waals surface area contributed by atoms with Crippen LogP contribution >= 0.6 is 0 Å². The van der Waals surface area contributed by atoms with Gasteiger partial charge in [-0.1, -0.05) is 0 Å². The molecule has 0 radical (unpaired) electrons. The summed E-state index contributed by atoms with van der Waals surface area (Å²) in [5.74, 6) is -1.30. The fraction of sp³-hybridized carbons (Fsp3) is 0.407. The van der Waals surface area contributed by atoms with Crippen LogP contribution in [0.15, 0.2) is 45.6 Å². The maximum absolute atomic E-state index is 13.7. The Morgan fingerprint density at radius 3 is 2.62 bits per heavy atom. The van der Waals surface area contributed by atoms with E-state index in [9.17, 15) is 23.5 Å². The number of carbonyl (C=O) groups excluding carboxylic acids is 1. The molecule has 2 atom stereocenters. The van der Waals surface area contributed by atoms with Gasteiger partial charge in [0.15, 0.2) is 11.3 Å². The van der Waals surface area contributed by atoms with E-state index in [0.717, 1.165) is 6.07 Å². The highest BCUT2D eigenvalue weighted by Gasteiger charge is 2.24. The van der Waals surface area contributed by atoms with E-state index in [4.69, 9.17) is 9.15 Å². The lowest BCUT2D eigenvalue weighted by Gasteiger charge is -2.31. The molecular formula is C27H31F2N3O5. The number of likely N-dealkylation sites (N-methyl/N-ethyl adjacent to an activating group) is 1. The fourth-order valence-corrected chi connectivity index (χ4v) is 4.46. The number of morpholine rings is 1. The molecule has 1 aliphatic heterocycles. The second-order valence-electron chi connectivity index (χ2n) is 9.35. The first kappa shape index (κ1) is 26.7. The van der Waals surface area contributed by atoms with Gasteiger partial charge in [0.2, 0.25) is 0 Å². The third kappa shape index (κ3) is 6.15. The van der Waals surface area contributed by atoms with E-state index in [0.29, 0.717) is 42.3 Å². The highest BCUT2D eigenvalue weighted by Crippen LogP contribution is 2.29. The highest BCUT2D eigenvalue weighted by molar-refractivity contribution is 5.98. The third-order valence-corrected chi connectivity index (χ3v) is 6.43. The van der Waals surface area contributed by atoms with Crippen LogP contribution in [-0.2, 0) is 11.3 Å². The summed E-state index contributed by atoms with van der Waals surface area (Å²) in [5, 5.41) is 12.7. The first-order valence-corrected chi connectivity index (χ1v) is 12.2. The van der Waals surface area contributed by atoms with Gasteiger partial charge in [-0.05, 0) is 43.7 Å². The fourth-order valence-electron chi connectivity index (χ4n) is 4.46. The topological polar surface area (TPSA) is 95.3 Å². The monoisotopic (exact) mass is 515 g/mol. The molecule has 1 saturated heterocycles. The lowest BCUT2D eigenvalue weighted by molar-refractivity contribution is 0.0517. The first-order chi connectivity index (χ1) is 17.7. The molecule has 2 N–H and O–H groups in total. The Labute approximate surface area is 213 Å². The Morgan fingerprint density at radius 1 is 1.22 bits per heavy atom. The van der Waals surface area contributed by atoms with Crippen molar-refractivity contribution in [1.29, 1.82) is 0 Å². The number of aliphatic hydroxyl groups excluding tert-OH is 1. The van der Waals surface area contributed by atoms with Crippen LogP contribution in [-0.4, -0.2) is 61.9 Å². The van der Waals surface area contributed by atoms with Crippen molar-refractivity contribution >= 4 is 22.8 Å². The van der Waals surface area contributed by atoms with Crippen molar-refractivity contribution in [2.75, 3.05) is 44.8 Å². The van der Waals surface area contributed by atoms with Gasteiger partial charge >= 0.3 is 0 Å². The Morgan fingerprint density at radius 2 is 1.95 bits per heavy atom. The second kappa shape index (κ2) is 11.4. The van der Waals surface area contributed by atoms with Crippen LogP contribution in [0.5, 0.6) is 0 Å². The first-order valence-electron chi connectivity index (χ1n) is 12.2. The largest absolute Gasteiger partial charge is 0.440 e. The summed E-state index contributed by atoms with van der Waals surface area (Å²) >= 11 is 0. The molecule has 0 bridgehead atoms. The number of nitrogens with one attached hydrogen (secondary N) is 1. The zero-order valence-corrected chi connectivity index (χ0v) is 21.1. The zero-order valence-electron chi connectivity index (χ0n) is 21.1. The van der Waals surface area contributed by atoms with Crippen molar-refractivity contribution in [3.63, 3.8) is 0 Å². The molecule has 10 heteroatoms. The molecule has 2 aromatic carbocycles. The SMILES string of the molecule is CC(NCc1cc(F)cc(F)c1)c1cc(C(=O)N(C)CCO)cc2c(=O)cc(N3CCO[C@H](C)C3)oc12. The molecule has 37 heavy (non-hydrogen) atoms. The summed E-state index contributed by atoms with van der Waals surface area (Å²) in [7, 11) is 1.56. The molecule has 0 saturated carbocycles. The number of halogens is 2. The van der Waals surface area contributed by atoms with Gasteiger partial charge in [0, 0.05) is 62.5 Å². The number of ether oxygens (including phenoxy) is 1. The Bertz CT molecular complexity index is 1330. The Balaban J connectivity index is 1.76. The molecular weight excluding hydrogens is 484 g/mol. The summed E-state index contributed by atoms with van der Waals surface area (Å²) < 4.78 is 39.2. The minimum atomic E-state index is -0.676. The van der Waals surface area contributed by atoms with Gasteiger partial charge in [0.1, 0.15) is 17.2 Å². The van der Waals surface area contributed by atoms with Crippen molar-refractivity contribution < 1.29 is 27.8 Å². The van der Waals surface area contributed by atoms with Gasteiger partial charge in [0.25, 0.3) is 5.91 Å². The molecule has 1 fully saturated rings. The lowest BCUT2D eigenvalue weighted by Crippen LogP contribution is -2.41. The van der Waals surface area contributed by atoms with Crippen molar-refractivity contribution in [3.8, 4) is 0 Å². The van der Waals surface area contributed by atoms with Crippen molar-refractivity contribution in [2.24, 2.45) is 0 Å². The van der Waals surface area contributed by atoms with Crippen LogP contribution in [0, 0.1) is 11.6 Å². The van der Waals surface area contributed by atoms with E-state index in [2.05, 4.69) is 5.32 Å². The standard InChI is InChI=1S/C27H31F2N3O5/c1-16-15-32(5-7-36-16)25-13-24(34)23-11-19(27(35)31(3)4-6-33)10-22(26(23)37-25)17(2)30-14-18-8-20(28)12-21(29)9-18/h8-13,16-17,30,33H,4-7,14-15H2,1-3H3/t16-,17?/m1/s1. The second-order valence-corrected chi connectivity index (χ2v) is 9.35. The van der Waals surface area contributed by atoms with Gasteiger partial charge in [-0.25, -0.2) is 8.78 Å². The zero-order chi connectivity index (χ0) is 26.7. The number of fused-ring (bicyclic) bond motifs is 1. The van der Waals surface area contributed by atoms with E-state index >= 15 is 0 Å². The molecule has 3 aromatic rings. The van der Waals surface area contributed by atoms with Gasteiger partial charge in [-0.15, -0.1) is 0 Å². The minimum absolute atomic E-state index is 0.0245. The Kier molecular flexibility index (Phi) is 8.21. The van der Waals surface area contributed by atoms with E-state index in [1.165, 1.54) is 29.2 Å². The predicted octanol–water partition coefficient (Wildman–Crippen LogP) is 3.21. The smallest absolute Gasteiger partial charge is 0.253 e. The molecule has 1 amide bonds. The van der Waals surface area contributed by atoms with Crippen LogP contribution in [0.2, 0.25) is 0 Å². The predicted molar refractivity (Wildman–Crippen MR) is 136 cm³/mol. The van der Waals surface area contributed by atoms with E-state index < -0.39 is 17.7 Å². The summed E-state index contributed by atoms with van der Waals surface area (Å²) in [4.78, 5) is 29.6. The molecule has 0 aliphatic carbocycles. The minimum Gasteiger partial charge on any atom is -0.440 e. The van der Waals surface area contributed by atoms with E-state index in [-0.39, 0.29) is 48.1 Å². The molecule has 1 aliphatic rings. The third-order valence-electron chi connectivity index (χ3n) is 6.43. The number of carbonyl (C=O) groups is 1. The van der Waals surface area contributed by atoms with Gasteiger partial charge in [-0.3, -0.25) is 9.59 Å². The van der Waals surface area contributed by atoms with E-state index in [1.54, 1.807) is 13.1 Å². The number of hydrogen-bond acceptors (Lipinski definition) is 7. The molecule has 4 rings (SSSR count).